The molecule has 0 amide bonds. The van der Waals surface area contributed by atoms with Crippen LogP contribution in [0.3, 0.4) is 0 Å². The average molecular weight is 382 g/mol. The number of nitrogens with one attached hydrogen (secondary N) is 1. The van der Waals surface area contributed by atoms with Crippen LogP contribution in [-0.2, 0) is 6.54 Å². The third-order valence-corrected chi connectivity index (χ3v) is 5.49. The lowest BCUT2D eigenvalue weighted by Crippen LogP contribution is -2.00. The summed E-state index contributed by atoms with van der Waals surface area (Å²) in [5.74, 6) is 0.765. The summed E-state index contributed by atoms with van der Waals surface area (Å²) in [6.45, 7) is 1.01. The van der Waals surface area contributed by atoms with Gasteiger partial charge in [-0.3, -0.25) is 0 Å². The van der Waals surface area contributed by atoms with Crippen molar-refractivity contribution in [3.05, 3.63) is 65.0 Å². The highest BCUT2D eigenvalue weighted by atomic mass is 35.5. The first-order chi connectivity index (χ1) is 12.7. The zero-order chi connectivity index (χ0) is 17.7. The van der Waals surface area contributed by atoms with Gasteiger partial charge in [-0.1, -0.05) is 41.4 Å². The summed E-state index contributed by atoms with van der Waals surface area (Å²) < 4.78 is 2.29. The van der Waals surface area contributed by atoms with E-state index in [9.17, 15) is 0 Å². The van der Waals surface area contributed by atoms with Gasteiger partial charge in [0, 0.05) is 44.8 Å². The summed E-state index contributed by atoms with van der Waals surface area (Å²) in [6.07, 6.45) is 6.63. The van der Waals surface area contributed by atoms with E-state index in [4.69, 9.17) is 28.2 Å². The molecule has 0 spiro atoms. The molecule has 1 saturated carbocycles. The fraction of sp³-hybridized carbons (Fsp3) is 0.190. The molecule has 1 N–H and O–H groups in total. The van der Waals surface area contributed by atoms with Gasteiger partial charge in [0.25, 0.3) is 0 Å². The van der Waals surface area contributed by atoms with Crippen LogP contribution < -0.4 is 0 Å². The van der Waals surface area contributed by atoms with Crippen LogP contribution in [-0.4, -0.2) is 14.5 Å². The standard InChI is InChI=1S/C21H17Cl2N3/c22-15-5-3-14(4-6-15)20-21(26(12-25-20)11-13-1-2-13)18-10-24-19-9-16(23)7-8-17(18)19/h3-10,12-13,24H,1-2,11H2. The average Bonchev–Trinajstić information content (AvgIpc) is 3.21. The summed E-state index contributed by atoms with van der Waals surface area (Å²) >= 11 is 12.2. The number of imidazole rings is 1. The molecule has 3 nitrogen and oxygen atoms in total. The van der Waals surface area contributed by atoms with Gasteiger partial charge in [-0.25, -0.2) is 4.98 Å². The van der Waals surface area contributed by atoms with Crippen molar-refractivity contribution in [2.24, 2.45) is 5.92 Å². The zero-order valence-corrected chi connectivity index (χ0v) is 15.6. The fourth-order valence-corrected chi connectivity index (χ4v) is 3.79. The molecule has 1 fully saturated rings. The Bertz CT molecular complexity index is 1090. The molecule has 1 aliphatic rings. The number of halogens is 2. The van der Waals surface area contributed by atoms with E-state index in [0.717, 1.165) is 55.9 Å². The van der Waals surface area contributed by atoms with E-state index in [-0.39, 0.29) is 0 Å². The highest BCUT2D eigenvalue weighted by molar-refractivity contribution is 6.31. The minimum Gasteiger partial charge on any atom is -0.360 e. The number of H-pyrrole nitrogens is 1. The normalized spacial score (nSPS) is 14.2. The summed E-state index contributed by atoms with van der Waals surface area (Å²) in [6, 6.07) is 13.9. The first-order valence-electron chi connectivity index (χ1n) is 8.77. The number of fused-ring (bicyclic) bond motifs is 1. The van der Waals surface area contributed by atoms with Gasteiger partial charge in [-0.05, 0) is 43.0 Å². The number of benzene rings is 2. The molecule has 0 saturated heterocycles. The molecule has 0 bridgehead atoms. The second-order valence-corrected chi connectivity index (χ2v) is 7.81. The van der Waals surface area contributed by atoms with Crippen LogP contribution in [0.15, 0.2) is 55.0 Å². The number of rotatable bonds is 4. The molecule has 5 heteroatoms. The van der Waals surface area contributed by atoms with Gasteiger partial charge in [0.05, 0.1) is 17.7 Å². The largest absolute Gasteiger partial charge is 0.360 e. The van der Waals surface area contributed by atoms with E-state index in [0.29, 0.717) is 0 Å². The van der Waals surface area contributed by atoms with Crippen LogP contribution >= 0.6 is 23.2 Å². The molecule has 1 aliphatic carbocycles. The highest BCUT2D eigenvalue weighted by Gasteiger charge is 2.25. The lowest BCUT2D eigenvalue weighted by Gasteiger charge is -2.10. The molecule has 5 rings (SSSR count). The molecule has 26 heavy (non-hydrogen) atoms. The molecule has 4 aromatic rings. The smallest absolute Gasteiger partial charge is 0.0964 e. The topological polar surface area (TPSA) is 33.6 Å². The highest BCUT2D eigenvalue weighted by Crippen LogP contribution is 2.39. The summed E-state index contributed by atoms with van der Waals surface area (Å²) in [5, 5.41) is 2.62. The van der Waals surface area contributed by atoms with Crippen LogP contribution in [0.1, 0.15) is 12.8 Å². The van der Waals surface area contributed by atoms with Crippen molar-refractivity contribution in [3.8, 4) is 22.5 Å². The number of aromatic amines is 1. The quantitative estimate of drug-likeness (QED) is 0.434. The van der Waals surface area contributed by atoms with Gasteiger partial charge < -0.3 is 9.55 Å². The Morgan fingerprint density at radius 3 is 2.58 bits per heavy atom. The number of hydrogen-bond acceptors (Lipinski definition) is 1. The number of nitrogens with zero attached hydrogens (tertiary/aromatic N) is 2. The Morgan fingerprint density at radius 2 is 1.81 bits per heavy atom. The Morgan fingerprint density at radius 1 is 1.04 bits per heavy atom. The third kappa shape index (κ3) is 2.81. The van der Waals surface area contributed by atoms with Crippen LogP contribution in [0.4, 0.5) is 0 Å². The number of hydrogen-bond donors (Lipinski definition) is 1. The van der Waals surface area contributed by atoms with Crippen molar-refractivity contribution in [1.82, 2.24) is 14.5 Å². The minimum absolute atomic E-state index is 0.731. The van der Waals surface area contributed by atoms with Crippen LogP contribution in [0.2, 0.25) is 10.0 Å². The van der Waals surface area contributed by atoms with Crippen molar-refractivity contribution < 1.29 is 0 Å². The van der Waals surface area contributed by atoms with E-state index in [1.165, 1.54) is 12.8 Å². The van der Waals surface area contributed by atoms with Gasteiger partial charge in [-0.2, -0.15) is 0 Å². The van der Waals surface area contributed by atoms with Crippen LogP contribution in [0.25, 0.3) is 33.4 Å². The van der Waals surface area contributed by atoms with Crippen molar-refractivity contribution >= 4 is 34.1 Å². The Hall–Kier alpha value is -2.23. The first kappa shape index (κ1) is 16.0. The van der Waals surface area contributed by atoms with Crippen molar-refractivity contribution in [2.75, 3.05) is 0 Å². The molecular formula is C21H17Cl2N3. The Balaban J connectivity index is 1.71. The molecule has 2 aromatic heterocycles. The van der Waals surface area contributed by atoms with E-state index >= 15 is 0 Å². The van der Waals surface area contributed by atoms with Gasteiger partial charge in [0.2, 0.25) is 0 Å². The molecule has 2 aromatic carbocycles. The monoisotopic (exact) mass is 381 g/mol. The molecule has 2 heterocycles. The SMILES string of the molecule is Clc1ccc(-c2ncn(CC3CC3)c2-c2c[nH]c3cc(Cl)ccc23)cc1. The van der Waals surface area contributed by atoms with Crippen molar-refractivity contribution in [2.45, 2.75) is 19.4 Å². The van der Waals surface area contributed by atoms with Gasteiger partial charge in [-0.15, -0.1) is 0 Å². The molecule has 130 valence electrons. The van der Waals surface area contributed by atoms with E-state index in [2.05, 4.69) is 21.8 Å². The van der Waals surface area contributed by atoms with Crippen LogP contribution in [0.5, 0.6) is 0 Å². The summed E-state index contributed by atoms with van der Waals surface area (Å²) in [7, 11) is 0. The summed E-state index contributed by atoms with van der Waals surface area (Å²) in [4.78, 5) is 8.11. The lowest BCUT2D eigenvalue weighted by molar-refractivity contribution is 0.632. The molecular weight excluding hydrogens is 365 g/mol. The lowest BCUT2D eigenvalue weighted by atomic mass is 10.0. The van der Waals surface area contributed by atoms with Crippen LogP contribution in [0, 0.1) is 5.92 Å². The van der Waals surface area contributed by atoms with Gasteiger partial charge in [0.1, 0.15) is 0 Å². The van der Waals surface area contributed by atoms with Crippen molar-refractivity contribution in [3.63, 3.8) is 0 Å². The maximum absolute atomic E-state index is 6.15. The Kier molecular flexibility index (Phi) is 3.80. The Labute approximate surface area is 161 Å². The predicted molar refractivity (Wildman–Crippen MR) is 108 cm³/mol. The third-order valence-electron chi connectivity index (χ3n) is 5.01. The van der Waals surface area contributed by atoms with E-state index in [1.54, 1.807) is 0 Å². The van der Waals surface area contributed by atoms with E-state index < -0.39 is 0 Å². The summed E-state index contributed by atoms with van der Waals surface area (Å²) in [5.41, 5.74) is 5.39. The van der Waals surface area contributed by atoms with Crippen molar-refractivity contribution in [1.29, 1.82) is 0 Å². The molecule has 0 aliphatic heterocycles. The van der Waals surface area contributed by atoms with E-state index in [1.807, 2.05) is 42.7 Å². The second kappa shape index (κ2) is 6.19. The maximum atomic E-state index is 6.15. The zero-order valence-electron chi connectivity index (χ0n) is 14.0. The minimum atomic E-state index is 0.731. The first-order valence-corrected chi connectivity index (χ1v) is 9.53. The number of aromatic nitrogens is 3. The predicted octanol–water partition coefficient (Wildman–Crippen LogP) is 6.42. The molecule has 0 atom stereocenters. The molecule has 0 radical (unpaired) electrons. The fourth-order valence-electron chi connectivity index (χ4n) is 3.49. The second-order valence-electron chi connectivity index (χ2n) is 6.94. The van der Waals surface area contributed by atoms with Gasteiger partial charge >= 0.3 is 0 Å². The maximum Gasteiger partial charge on any atom is 0.0964 e. The van der Waals surface area contributed by atoms with Gasteiger partial charge in [0.15, 0.2) is 0 Å². The molecule has 0 unspecified atom stereocenters.